The Kier molecular flexibility index (Phi) is 4.52. The van der Waals surface area contributed by atoms with Crippen LogP contribution in [0.25, 0.3) is 5.69 Å². The third-order valence-corrected chi connectivity index (χ3v) is 5.05. The van der Waals surface area contributed by atoms with E-state index in [-0.39, 0.29) is 23.8 Å². The molecular formula is C19H24N6O3. The van der Waals surface area contributed by atoms with E-state index in [1.54, 1.807) is 35.6 Å². The van der Waals surface area contributed by atoms with Gasteiger partial charge in [-0.1, -0.05) is 0 Å². The lowest BCUT2D eigenvalue weighted by molar-refractivity contribution is 0.0275. The van der Waals surface area contributed by atoms with Crippen LogP contribution >= 0.6 is 0 Å². The maximum atomic E-state index is 13.1. The molecule has 2 saturated heterocycles. The van der Waals surface area contributed by atoms with Gasteiger partial charge in [-0.3, -0.25) is 4.79 Å². The molecule has 0 saturated carbocycles. The lowest BCUT2D eigenvalue weighted by Gasteiger charge is -2.26. The van der Waals surface area contributed by atoms with Crippen LogP contribution in [0.5, 0.6) is 0 Å². The fourth-order valence-electron chi connectivity index (χ4n) is 3.85. The third-order valence-electron chi connectivity index (χ3n) is 5.05. The van der Waals surface area contributed by atoms with Crippen LogP contribution in [0.15, 0.2) is 30.7 Å². The van der Waals surface area contributed by atoms with Crippen LogP contribution in [0, 0.1) is 11.8 Å². The van der Waals surface area contributed by atoms with Gasteiger partial charge in [-0.2, -0.15) is 10.2 Å². The Morgan fingerprint density at radius 1 is 1.00 bits per heavy atom. The highest BCUT2D eigenvalue weighted by Crippen LogP contribution is 2.33. The monoisotopic (exact) mass is 384 g/mol. The van der Waals surface area contributed by atoms with E-state index in [0.717, 1.165) is 0 Å². The second-order valence-electron chi connectivity index (χ2n) is 8.31. The zero-order valence-corrected chi connectivity index (χ0v) is 16.3. The minimum atomic E-state index is -0.507. The van der Waals surface area contributed by atoms with Gasteiger partial charge >= 0.3 is 6.09 Å². The molecule has 2 aromatic rings. The number of rotatable bonds is 2. The summed E-state index contributed by atoms with van der Waals surface area (Å²) < 4.78 is 5.47. The topological polar surface area (TPSA) is 93.5 Å². The molecule has 2 amide bonds. The van der Waals surface area contributed by atoms with Crippen molar-refractivity contribution in [2.45, 2.75) is 26.4 Å². The van der Waals surface area contributed by atoms with Crippen molar-refractivity contribution < 1.29 is 14.3 Å². The summed E-state index contributed by atoms with van der Waals surface area (Å²) in [4.78, 5) is 34.6. The second kappa shape index (κ2) is 6.88. The summed E-state index contributed by atoms with van der Waals surface area (Å²) in [6.45, 7) is 8.01. The maximum Gasteiger partial charge on any atom is 0.410 e. The minimum Gasteiger partial charge on any atom is -0.444 e. The molecule has 2 aromatic heterocycles. The van der Waals surface area contributed by atoms with Gasteiger partial charge in [-0.05, 0) is 32.9 Å². The molecule has 2 atom stereocenters. The Hall–Kier alpha value is -2.97. The van der Waals surface area contributed by atoms with Crippen molar-refractivity contribution in [2.75, 3.05) is 26.2 Å². The molecule has 4 rings (SSSR count). The Labute approximate surface area is 163 Å². The molecule has 9 nitrogen and oxygen atoms in total. The van der Waals surface area contributed by atoms with Gasteiger partial charge in [0.05, 0.1) is 12.4 Å². The van der Waals surface area contributed by atoms with E-state index in [2.05, 4.69) is 15.2 Å². The fraction of sp³-hybridized carbons (Fsp3) is 0.526. The number of nitrogens with zero attached hydrogens (tertiary/aromatic N) is 6. The normalized spacial score (nSPS) is 21.7. The smallest absolute Gasteiger partial charge is 0.410 e. The molecular weight excluding hydrogens is 360 g/mol. The third kappa shape index (κ3) is 3.56. The molecule has 0 bridgehead atoms. The van der Waals surface area contributed by atoms with Gasteiger partial charge in [0, 0.05) is 44.2 Å². The highest BCUT2D eigenvalue weighted by atomic mass is 16.6. The standard InChI is InChI=1S/C19H24N6O3/c1-19(2,3)28-18(27)24-11-13-9-23(10-14(13)12-24)17(26)16-15(5-4-6-20-16)25-21-7-8-22-25/h4-8,13-14H,9-12H2,1-3H3. The van der Waals surface area contributed by atoms with Crippen molar-refractivity contribution in [3.63, 3.8) is 0 Å². The Bertz CT molecular complexity index is 862. The summed E-state index contributed by atoms with van der Waals surface area (Å²) in [7, 11) is 0. The number of hydrogen-bond donors (Lipinski definition) is 0. The van der Waals surface area contributed by atoms with E-state index in [1.807, 2.05) is 25.7 Å². The average Bonchev–Trinajstić information content (AvgIpc) is 3.35. The van der Waals surface area contributed by atoms with Crippen LogP contribution < -0.4 is 0 Å². The van der Waals surface area contributed by atoms with Crippen LogP contribution in [-0.2, 0) is 4.74 Å². The number of ether oxygens (including phenoxy) is 1. The SMILES string of the molecule is CC(C)(C)OC(=O)N1CC2CN(C(=O)c3ncccc3-n3nccn3)CC2C1. The lowest BCUT2D eigenvalue weighted by atomic mass is 10.0. The highest BCUT2D eigenvalue weighted by Gasteiger charge is 2.44. The highest BCUT2D eigenvalue weighted by molar-refractivity contribution is 5.95. The van der Waals surface area contributed by atoms with Gasteiger partial charge in [0.2, 0.25) is 0 Å². The molecule has 2 unspecified atom stereocenters. The number of likely N-dealkylation sites (tertiary alicyclic amines) is 2. The molecule has 2 aliphatic rings. The van der Waals surface area contributed by atoms with E-state index < -0.39 is 5.60 Å². The first-order valence-electron chi connectivity index (χ1n) is 9.41. The number of hydrogen-bond acceptors (Lipinski definition) is 6. The quantitative estimate of drug-likeness (QED) is 0.781. The van der Waals surface area contributed by atoms with Crippen molar-refractivity contribution in [3.05, 3.63) is 36.4 Å². The molecule has 2 aliphatic heterocycles. The van der Waals surface area contributed by atoms with Gasteiger partial charge in [0.1, 0.15) is 11.3 Å². The largest absolute Gasteiger partial charge is 0.444 e. The summed E-state index contributed by atoms with van der Waals surface area (Å²) >= 11 is 0. The molecule has 2 fully saturated rings. The molecule has 0 aliphatic carbocycles. The van der Waals surface area contributed by atoms with Gasteiger partial charge < -0.3 is 14.5 Å². The second-order valence-corrected chi connectivity index (χ2v) is 8.31. The predicted molar refractivity (Wildman–Crippen MR) is 99.8 cm³/mol. The number of aromatic nitrogens is 4. The van der Waals surface area contributed by atoms with E-state index in [4.69, 9.17) is 4.74 Å². The Balaban J connectivity index is 1.43. The van der Waals surface area contributed by atoms with Crippen molar-refractivity contribution in [3.8, 4) is 5.69 Å². The molecule has 0 spiro atoms. The maximum absolute atomic E-state index is 13.1. The van der Waals surface area contributed by atoms with Gasteiger partial charge in [-0.25, -0.2) is 9.78 Å². The van der Waals surface area contributed by atoms with Crippen molar-refractivity contribution in [1.82, 2.24) is 29.8 Å². The molecule has 0 N–H and O–H groups in total. The number of amides is 2. The molecule has 4 heterocycles. The van der Waals surface area contributed by atoms with E-state index >= 15 is 0 Å². The summed E-state index contributed by atoms with van der Waals surface area (Å²) in [5.41, 5.74) is 0.389. The summed E-state index contributed by atoms with van der Waals surface area (Å²) in [5, 5.41) is 8.22. The van der Waals surface area contributed by atoms with Gasteiger partial charge in [0.15, 0.2) is 5.69 Å². The first-order valence-corrected chi connectivity index (χ1v) is 9.41. The van der Waals surface area contributed by atoms with Crippen LogP contribution in [0.4, 0.5) is 4.79 Å². The van der Waals surface area contributed by atoms with Crippen LogP contribution in [0.3, 0.4) is 0 Å². The van der Waals surface area contributed by atoms with Crippen LogP contribution in [0.1, 0.15) is 31.3 Å². The van der Waals surface area contributed by atoms with Crippen molar-refractivity contribution in [2.24, 2.45) is 11.8 Å². The van der Waals surface area contributed by atoms with E-state index in [9.17, 15) is 9.59 Å². The predicted octanol–water partition coefficient (Wildman–Crippen LogP) is 1.60. The zero-order valence-electron chi connectivity index (χ0n) is 16.3. The van der Waals surface area contributed by atoms with Crippen molar-refractivity contribution in [1.29, 1.82) is 0 Å². The van der Waals surface area contributed by atoms with E-state index in [0.29, 0.717) is 37.6 Å². The summed E-state index contributed by atoms with van der Waals surface area (Å²) in [6, 6.07) is 3.54. The first kappa shape index (κ1) is 18.4. The lowest BCUT2D eigenvalue weighted by Crippen LogP contribution is -2.38. The number of carbonyl (C=O) groups excluding carboxylic acids is 2. The Morgan fingerprint density at radius 2 is 1.61 bits per heavy atom. The minimum absolute atomic E-state index is 0.133. The van der Waals surface area contributed by atoms with Gasteiger partial charge in [-0.15, -0.1) is 4.80 Å². The van der Waals surface area contributed by atoms with E-state index in [1.165, 1.54) is 4.80 Å². The zero-order chi connectivity index (χ0) is 19.9. The number of carbonyl (C=O) groups is 2. The Morgan fingerprint density at radius 3 is 2.21 bits per heavy atom. The average molecular weight is 384 g/mol. The van der Waals surface area contributed by atoms with Crippen molar-refractivity contribution >= 4 is 12.0 Å². The fourth-order valence-corrected chi connectivity index (χ4v) is 3.85. The number of fused-ring (bicyclic) bond motifs is 1. The van der Waals surface area contributed by atoms with Crippen LogP contribution in [0.2, 0.25) is 0 Å². The number of pyridine rings is 1. The van der Waals surface area contributed by atoms with Crippen LogP contribution in [-0.4, -0.2) is 73.6 Å². The summed E-state index contributed by atoms with van der Waals surface area (Å²) in [6.07, 6.45) is 4.44. The molecule has 28 heavy (non-hydrogen) atoms. The molecule has 0 aromatic carbocycles. The summed E-state index contributed by atoms with van der Waals surface area (Å²) in [5.74, 6) is 0.379. The molecule has 9 heteroatoms. The van der Waals surface area contributed by atoms with Gasteiger partial charge in [0.25, 0.3) is 5.91 Å². The molecule has 0 radical (unpaired) electrons. The molecule has 148 valence electrons. The first-order chi connectivity index (χ1) is 13.3.